The molecule has 0 saturated heterocycles. The molecule has 0 aliphatic heterocycles. The summed E-state index contributed by atoms with van der Waals surface area (Å²) in [6.07, 6.45) is 0. The molecule has 1 heterocycles. The van der Waals surface area contributed by atoms with E-state index in [0.717, 1.165) is 22.7 Å². The largest absolute Gasteiger partial charge is 0.494 e. The fourth-order valence-corrected chi connectivity index (χ4v) is 2.95. The van der Waals surface area contributed by atoms with E-state index in [2.05, 4.69) is 52.8 Å². The summed E-state index contributed by atoms with van der Waals surface area (Å²) in [7, 11) is 1.99. The summed E-state index contributed by atoms with van der Waals surface area (Å²) in [5.41, 5.74) is 12.0. The second-order valence-electron chi connectivity index (χ2n) is 7.52. The first kappa shape index (κ1) is 18.5. The van der Waals surface area contributed by atoms with Crippen molar-refractivity contribution in [3.63, 3.8) is 0 Å². The van der Waals surface area contributed by atoms with E-state index in [1.54, 1.807) is 0 Å². The predicted octanol–water partition coefficient (Wildman–Crippen LogP) is 3.82. The number of aromatic nitrogens is 2. The van der Waals surface area contributed by atoms with E-state index in [1.165, 1.54) is 11.1 Å². The maximum atomic E-state index is 6.18. The van der Waals surface area contributed by atoms with Gasteiger partial charge in [0.2, 0.25) is 0 Å². The van der Waals surface area contributed by atoms with Crippen molar-refractivity contribution in [2.24, 2.45) is 12.8 Å². The SMILES string of the molecule is CCOc1cc(C)c(C)cc1C(CN)c1cc(C(C)(C)C)nn1C. The van der Waals surface area contributed by atoms with Crippen LogP contribution < -0.4 is 10.5 Å². The molecule has 0 aliphatic rings. The first-order valence-electron chi connectivity index (χ1n) is 8.67. The van der Waals surface area contributed by atoms with Crippen molar-refractivity contribution in [1.82, 2.24) is 9.78 Å². The maximum absolute atomic E-state index is 6.18. The molecule has 4 heteroatoms. The number of nitrogens with two attached hydrogens (primary N) is 1. The van der Waals surface area contributed by atoms with Crippen molar-refractivity contribution in [3.05, 3.63) is 46.3 Å². The van der Waals surface area contributed by atoms with Gasteiger partial charge in [-0.3, -0.25) is 4.68 Å². The molecule has 0 amide bonds. The molecule has 1 aromatic carbocycles. The van der Waals surface area contributed by atoms with Crippen LogP contribution in [-0.2, 0) is 12.5 Å². The minimum atomic E-state index is 0.0150. The molecular weight excluding hydrogens is 298 g/mol. The molecule has 4 nitrogen and oxygen atoms in total. The van der Waals surface area contributed by atoms with Gasteiger partial charge in [0, 0.05) is 36.2 Å². The van der Waals surface area contributed by atoms with E-state index in [-0.39, 0.29) is 11.3 Å². The third-order valence-electron chi connectivity index (χ3n) is 4.58. The number of aryl methyl sites for hydroxylation is 3. The zero-order valence-corrected chi connectivity index (χ0v) is 16.1. The summed E-state index contributed by atoms with van der Waals surface area (Å²) in [4.78, 5) is 0. The standard InChI is InChI=1S/C20H31N3O/c1-8-24-18-10-14(3)13(2)9-15(18)16(12-21)17-11-19(20(4,5)6)22-23(17)7/h9-11,16H,8,12,21H2,1-7H3. The Morgan fingerprint density at radius 2 is 1.79 bits per heavy atom. The van der Waals surface area contributed by atoms with Crippen molar-refractivity contribution in [3.8, 4) is 5.75 Å². The number of nitrogens with zero attached hydrogens (tertiary/aromatic N) is 2. The maximum Gasteiger partial charge on any atom is 0.123 e. The van der Waals surface area contributed by atoms with Gasteiger partial charge < -0.3 is 10.5 Å². The van der Waals surface area contributed by atoms with Crippen LogP contribution in [0.4, 0.5) is 0 Å². The lowest BCUT2D eigenvalue weighted by molar-refractivity contribution is 0.334. The second-order valence-corrected chi connectivity index (χ2v) is 7.52. The molecule has 0 bridgehead atoms. The molecule has 1 unspecified atom stereocenters. The molecule has 0 spiro atoms. The molecule has 2 aromatic rings. The normalized spacial score (nSPS) is 13.2. The van der Waals surface area contributed by atoms with Gasteiger partial charge in [0.1, 0.15) is 5.75 Å². The van der Waals surface area contributed by atoms with Gasteiger partial charge in [0.25, 0.3) is 0 Å². The monoisotopic (exact) mass is 329 g/mol. The molecule has 132 valence electrons. The first-order chi connectivity index (χ1) is 11.2. The van der Waals surface area contributed by atoms with Crippen molar-refractivity contribution in [1.29, 1.82) is 0 Å². The lowest BCUT2D eigenvalue weighted by atomic mass is 9.88. The van der Waals surface area contributed by atoms with Gasteiger partial charge in [-0.25, -0.2) is 0 Å². The lowest BCUT2D eigenvalue weighted by Crippen LogP contribution is -2.18. The molecule has 24 heavy (non-hydrogen) atoms. The van der Waals surface area contributed by atoms with Gasteiger partial charge in [-0.05, 0) is 44.0 Å². The van der Waals surface area contributed by atoms with Crippen molar-refractivity contribution in [2.45, 2.75) is 52.9 Å². The highest BCUT2D eigenvalue weighted by molar-refractivity contribution is 5.47. The van der Waals surface area contributed by atoms with Gasteiger partial charge >= 0.3 is 0 Å². The number of hydrogen-bond donors (Lipinski definition) is 1. The summed E-state index contributed by atoms with van der Waals surface area (Å²) in [6.45, 7) is 14.0. The Kier molecular flexibility index (Phi) is 5.38. The number of ether oxygens (including phenoxy) is 1. The van der Waals surface area contributed by atoms with E-state index in [4.69, 9.17) is 15.6 Å². The number of hydrogen-bond acceptors (Lipinski definition) is 3. The predicted molar refractivity (Wildman–Crippen MR) is 99.9 cm³/mol. The van der Waals surface area contributed by atoms with Crippen LogP contribution in [0, 0.1) is 13.8 Å². The lowest BCUT2D eigenvalue weighted by Gasteiger charge is -2.21. The molecule has 0 fully saturated rings. The molecule has 0 aliphatic carbocycles. The van der Waals surface area contributed by atoms with Gasteiger partial charge in [-0.2, -0.15) is 5.10 Å². The summed E-state index contributed by atoms with van der Waals surface area (Å²) in [5, 5.41) is 4.71. The Labute approximate surface area is 146 Å². The van der Waals surface area contributed by atoms with E-state index in [1.807, 2.05) is 18.7 Å². The molecule has 2 N–H and O–H groups in total. The van der Waals surface area contributed by atoms with Crippen LogP contribution in [0.2, 0.25) is 0 Å². The molecule has 0 radical (unpaired) electrons. The smallest absolute Gasteiger partial charge is 0.123 e. The van der Waals surface area contributed by atoms with Crippen molar-refractivity contribution >= 4 is 0 Å². The highest BCUT2D eigenvalue weighted by Gasteiger charge is 2.25. The summed E-state index contributed by atoms with van der Waals surface area (Å²) < 4.78 is 7.87. The molecule has 2 rings (SSSR count). The summed E-state index contributed by atoms with van der Waals surface area (Å²) >= 11 is 0. The van der Waals surface area contributed by atoms with Crippen molar-refractivity contribution in [2.75, 3.05) is 13.2 Å². The van der Waals surface area contributed by atoms with Crippen LogP contribution in [0.3, 0.4) is 0 Å². The van der Waals surface area contributed by atoms with Gasteiger partial charge in [0.15, 0.2) is 0 Å². The summed E-state index contributed by atoms with van der Waals surface area (Å²) in [5.74, 6) is 0.994. The van der Waals surface area contributed by atoms with Crippen LogP contribution in [0.25, 0.3) is 0 Å². The topological polar surface area (TPSA) is 53.1 Å². The van der Waals surface area contributed by atoms with E-state index in [0.29, 0.717) is 13.2 Å². The van der Waals surface area contributed by atoms with Crippen LogP contribution in [-0.4, -0.2) is 22.9 Å². The average molecular weight is 329 g/mol. The van der Waals surface area contributed by atoms with E-state index in [9.17, 15) is 0 Å². The fraction of sp³-hybridized carbons (Fsp3) is 0.550. The minimum absolute atomic E-state index is 0.0150. The second kappa shape index (κ2) is 6.98. The summed E-state index contributed by atoms with van der Waals surface area (Å²) in [6, 6.07) is 6.52. The van der Waals surface area contributed by atoms with Crippen molar-refractivity contribution < 1.29 is 4.74 Å². The van der Waals surface area contributed by atoms with E-state index < -0.39 is 0 Å². The Bertz CT molecular complexity index is 710. The Morgan fingerprint density at radius 1 is 1.17 bits per heavy atom. The molecule has 1 aromatic heterocycles. The third-order valence-corrected chi connectivity index (χ3v) is 4.58. The minimum Gasteiger partial charge on any atom is -0.494 e. The fourth-order valence-electron chi connectivity index (χ4n) is 2.95. The third kappa shape index (κ3) is 3.64. The Hall–Kier alpha value is -1.81. The van der Waals surface area contributed by atoms with Crippen LogP contribution >= 0.6 is 0 Å². The molecular formula is C20H31N3O. The van der Waals surface area contributed by atoms with Gasteiger partial charge in [0.05, 0.1) is 12.3 Å². The zero-order chi connectivity index (χ0) is 18.1. The Balaban J connectivity index is 2.57. The van der Waals surface area contributed by atoms with Crippen LogP contribution in [0.5, 0.6) is 5.75 Å². The van der Waals surface area contributed by atoms with Gasteiger partial charge in [-0.15, -0.1) is 0 Å². The Morgan fingerprint density at radius 3 is 2.29 bits per heavy atom. The highest BCUT2D eigenvalue weighted by Crippen LogP contribution is 2.35. The molecule has 1 atom stereocenters. The highest BCUT2D eigenvalue weighted by atomic mass is 16.5. The van der Waals surface area contributed by atoms with Crippen LogP contribution in [0.15, 0.2) is 18.2 Å². The van der Waals surface area contributed by atoms with Crippen LogP contribution in [0.1, 0.15) is 61.7 Å². The van der Waals surface area contributed by atoms with E-state index >= 15 is 0 Å². The number of benzene rings is 1. The first-order valence-corrected chi connectivity index (χ1v) is 8.67. The average Bonchev–Trinajstić information content (AvgIpc) is 2.87. The van der Waals surface area contributed by atoms with Gasteiger partial charge in [-0.1, -0.05) is 26.8 Å². The zero-order valence-electron chi connectivity index (χ0n) is 16.1. The number of rotatable bonds is 5. The molecule has 0 saturated carbocycles. The quantitative estimate of drug-likeness (QED) is 0.907.